The van der Waals surface area contributed by atoms with E-state index in [4.69, 9.17) is 42.6 Å². The molecule has 0 amide bonds. The average molecular weight is 1050 g/mol. The smallest absolute Gasteiger partial charge is 0.309 e. The highest BCUT2D eigenvalue weighted by atomic mass is 16.7. The van der Waals surface area contributed by atoms with Crippen molar-refractivity contribution in [2.45, 2.75) is 192 Å². The number of aliphatic hydroxyl groups is 2. The summed E-state index contributed by atoms with van der Waals surface area (Å²) in [5, 5.41) is 24.1. The van der Waals surface area contributed by atoms with Crippen molar-refractivity contribution in [3.05, 3.63) is 60.4 Å². The van der Waals surface area contributed by atoms with Gasteiger partial charge in [0, 0.05) is 65.1 Å². The number of aliphatic hydroxyl groups excluding tert-OH is 2. The van der Waals surface area contributed by atoms with Crippen LogP contribution in [0.2, 0.25) is 0 Å². The fourth-order valence-corrected chi connectivity index (χ4v) is 10.5. The number of esters is 4. The molecular weight excluding hydrogens is 971 g/mol. The molecule has 3 aliphatic heterocycles. The predicted molar refractivity (Wildman–Crippen MR) is 276 cm³/mol. The van der Waals surface area contributed by atoms with Crippen molar-refractivity contribution in [1.29, 1.82) is 0 Å². The Morgan fingerprint density at radius 3 is 2.27 bits per heavy atom. The number of likely N-dealkylation sites (N-methyl/N-ethyl adjacent to an activating group) is 2. The van der Waals surface area contributed by atoms with E-state index in [0.717, 1.165) is 23.0 Å². The minimum absolute atomic E-state index is 0.0249. The summed E-state index contributed by atoms with van der Waals surface area (Å²) in [5.41, 5.74) is 1.66. The first kappa shape index (κ1) is 61.2. The third-order valence-corrected chi connectivity index (χ3v) is 14.4. The summed E-state index contributed by atoms with van der Waals surface area (Å²) in [4.78, 5) is 73.0. The van der Waals surface area contributed by atoms with E-state index < -0.39 is 127 Å². The Hall–Kier alpha value is -4.70. The zero-order valence-corrected chi connectivity index (χ0v) is 45.7. The number of hydrogen-bond donors (Lipinski definition) is 2. The fourth-order valence-electron chi connectivity index (χ4n) is 10.5. The third-order valence-electron chi connectivity index (χ3n) is 14.4. The minimum atomic E-state index is -1.44. The van der Waals surface area contributed by atoms with Gasteiger partial charge in [0.2, 0.25) is 0 Å². The molecule has 3 fully saturated rings. The second-order valence-corrected chi connectivity index (χ2v) is 20.7. The number of aldehydes is 1. The molecule has 19 nitrogen and oxygen atoms in total. The molecule has 3 aliphatic rings. The first-order valence-electron chi connectivity index (χ1n) is 26.4. The molecule has 19 heteroatoms. The Kier molecular flexibility index (Phi) is 23.8. The Balaban J connectivity index is 1.44. The maximum atomic E-state index is 14.2. The van der Waals surface area contributed by atoms with Crippen molar-refractivity contribution >= 4 is 36.2 Å². The summed E-state index contributed by atoms with van der Waals surface area (Å²) < 4.78 is 56.2. The molecule has 0 saturated carbocycles. The lowest BCUT2D eigenvalue weighted by atomic mass is 9.82. The Bertz CT molecular complexity index is 2150. The molecule has 5 rings (SSSR count). The lowest BCUT2D eigenvalue weighted by molar-refractivity contribution is -0.344. The molecule has 3 saturated heterocycles. The van der Waals surface area contributed by atoms with Crippen LogP contribution in [0.3, 0.4) is 0 Å². The van der Waals surface area contributed by atoms with Crippen LogP contribution in [0.15, 0.2) is 54.9 Å². The van der Waals surface area contributed by atoms with Gasteiger partial charge in [-0.1, -0.05) is 63.3 Å². The Labute approximate surface area is 442 Å². The number of hydrogen-bond acceptors (Lipinski definition) is 19. The largest absolute Gasteiger partial charge is 0.462 e. The van der Waals surface area contributed by atoms with E-state index in [1.54, 1.807) is 59.8 Å². The number of aromatic nitrogens is 1. The normalized spacial score (nSPS) is 33.8. The van der Waals surface area contributed by atoms with Gasteiger partial charge in [0.05, 0.1) is 36.9 Å². The topological polar surface area (TPSA) is 228 Å². The molecule has 2 N–H and O–H groups in total. The van der Waals surface area contributed by atoms with Crippen LogP contribution < -0.4 is 0 Å². The molecule has 2 aromatic rings. The van der Waals surface area contributed by atoms with Crippen LogP contribution in [0.4, 0.5) is 0 Å². The van der Waals surface area contributed by atoms with Crippen LogP contribution in [-0.2, 0) is 66.6 Å². The lowest BCUT2D eigenvalue weighted by Gasteiger charge is -2.50. The van der Waals surface area contributed by atoms with E-state index in [2.05, 4.69) is 4.98 Å². The second-order valence-electron chi connectivity index (χ2n) is 20.7. The molecule has 0 spiro atoms. The number of β-amino-alcohol motifs (C(OH)–C–C–N with tert-alkyl or cyclic N) is 1. The Morgan fingerprint density at radius 1 is 0.933 bits per heavy atom. The number of cyclic esters (lactones) is 1. The molecule has 418 valence electrons. The molecule has 5 unspecified atom stereocenters. The van der Waals surface area contributed by atoms with Crippen LogP contribution in [0.1, 0.15) is 112 Å². The summed E-state index contributed by atoms with van der Waals surface area (Å²) >= 11 is 0. The SMILES string of the molecule is CCC(=O)O[C@@H]1CC(=O)O[C@@H](CC=Cc2ccc(-c3cccnc3)cc2)CCCN(C)C[C@H](O)[C@H](C)C[C@H](CC=O)[C@H](O[C@@H]2OC(C)[C@@H](O[C@H]3CC(C)(OC(C)=O)[C@@H](OC(=O)CC)C(C)O3)C(N(C)C)C2O)[C@H]1OC. The second kappa shape index (κ2) is 29.2. The van der Waals surface area contributed by atoms with Gasteiger partial charge in [-0.15, -0.1) is 0 Å². The zero-order chi connectivity index (χ0) is 55.0. The number of nitrogens with zero attached hydrogens (tertiary/aromatic N) is 3. The highest BCUT2D eigenvalue weighted by Crippen LogP contribution is 2.39. The maximum absolute atomic E-state index is 14.2. The number of methoxy groups -OCH3 is 1. The standard InChI is InChI=1S/C56H83N3O16/c1-12-45(63)71-44-30-47(65)70-42(19-14-17-38-21-23-39(24-22-38)41-18-15-26-57-32-41)20-16-27-59(10)33-43(62)34(3)29-40(25-28-60)52(53(44)67-11)74-55-50(66)49(58(8)9)51(35(4)69-55)73-48-31-56(7,75-37(6)61)54(36(5)68-48)72-46(64)13-2/h14-15,17-18,21-24,26,28,32,34-36,40,42-44,48-55,62,66H,12-13,16,19-20,25,27,29-31,33H2,1-11H3/t34-,35?,36?,40+,42+,43+,44-,48+,49?,50?,51-,52+,53+,54+,55+,56?/m1/s1. The number of ether oxygens (including phenoxy) is 9. The summed E-state index contributed by atoms with van der Waals surface area (Å²) in [6.07, 6.45) is -2.86. The van der Waals surface area contributed by atoms with Crippen molar-refractivity contribution < 1.29 is 76.8 Å². The van der Waals surface area contributed by atoms with Crippen LogP contribution >= 0.6 is 0 Å². The van der Waals surface area contributed by atoms with Gasteiger partial charge in [0.1, 0.15) is 36.8 Å². The monoisotopic (exact) mass is 1050 g/mol. The van der Waals surface area contributed by atoms with E-state index in [9.17, 15) is 34.2 Å². The lowest BCUT2D eigenvalue weighted by Crippen LogP contribution is -2.66. The predicted octanol–water partition coefficient (Wildman–Crippen LogP) is 5.69. The van der Waals surface area contributed by atoms with Gasteiger partial charge in [-0.25, -0.2) is 0 Å². The van der Waals surface area contributed by atoms with E-state index in [-0.39, 0.29) is 32.1 Å². The maximum Gasteiger partial charge on any atom is 0.309 e. The molecule has 0 radical (unpaired) electrons. The van der Waals surface area contributed by atoms with Crippen molar-refractivity contribution in [2.75, 3.05) is 41.3 Å². The van der Waals surface area contributed by atoms with Gasteiger partial charge in [0.25, 0.3) is 0 Å². The summed E-state index contributed by atoms with van der Waals surface area (Å²) in [7, 11) is 6.81. The number of rotatable bonds is 17. The van der Waals surface area contributed by atoms with Crippen LogP contribution in [0.25, 0.3) is 17.2 Å². The van der Waals surface area contributed by atoms with Crippen LogP contribution in [0, 0.1) is 11.8 Å². The molecule has 75 heavy (non-hydrogen) atoms. The quantitative estimate of drug-likeness (QED) is 0.110. The molecule has 0 bridgehead atoms. The van der Waals surface area contributed by atoms with Gasteiger partial charge < -0.3 is 67.4 Å². The molecular formula is C56H83N3O16. The third kappa shape index (κ3) is 17.4. The molecule has 1 aromatic heterocycles. The van der Waals surface area contributed by atoms with E-state index in [1.165, 1.54) is 14.0 Å². The molecule has 16 atom stereocenters. The summed E-state index contributed by atoms with van der Waals surface area (Å²) in [6.45, 7) is 12.4. The van der Waals surface area contributed by atoms with Crippen LogP contribution in [-0.4, -0.2) is 182 Å². The summed E-state index contributed by atoms with van der Waals surface area (Å²) in [6, 6.07) is 11.1. The number of carbonyl (C=O) groups excluding carboxylic acids is 5. The highest BCUT2D eigenvalue weighted by Gasteiger charge is 2.54. The van der Waals surface area contributed by atoms with Crippen molar-refractivity contribution in [3.8, 4) is 11.1 Å². The van der Waals surface area contributed by atoms with E-state index in [0.29, 0.717) is 32.4 Å². The first-order valence-corrected chi connectivity index (χ1v) is 26.4. The van der Waals surface area contributed by atoms with Gasteiger partial charge in [-0.3, -0.25) is 24.2 Å². The zero-order valence-electron chi connectivity index (χ0n) is 45.7. The van der Waals surface area contributed by atoms with Gasteiger partial charge >= 0.3 is 23.9 Å². The van der Waals surface area contributed by atoms with Gasteiger partial charge in [-0.2, -0.15) is 0 Å². The first-order chi connectivity index (χ1) is 35.7. The summed E-state index contributed by atoms with van der Waals surface area (Å²) in [5.74, 6) is -3.46. The van der Waals surface area contributed by atoms with Gasteiger partial charge in [-0.05, 0) is 102 Å². The minimum Gasteiger partial charge on any atom is -0.462 e. The van der Waals surface area contributed by atoms with Crippen LogP contribution in [0.5, 0.6) is 0 Å². The van der Waals surface area contributed by atoms with E-state index >= 15 is 0 Å². The average Bonchev–Trinajstić information content (AvgIpc) is 3.35. The van der Waals surface area contributed by atoms with Gasteiger partial charge in [0.15, 0.2) is 24.3 Å². The van der Waals surface area contributed by atoms with Crippen molar-refractivity contribution in [2.24, 2.45) is 11.8 Å². The molecule has 0 aliphatic carbocycles. The highest BCUT2D eigenvalue weighted by molar-refractivity contribution is 5.73. The molecule has 1 aromatic carbocycles. The van der Waals surface area contributed by atoms with Crippen molar-refractivity contribution in [1.82, 2.24) is 14.8 Å². The number of benzene rings is 1. The molecule has 4 heterocycles. The number of carbonyl (C=O) groups is 5. The van der Waals surface area contributed by atoms with E-state index in [1.807, 2.05) is 73.6 Å². The fraction of sp³-hybridized carbons (Fsp3) is 0.679. The van der Waals surface area contributed by atoms with Crippen molar-refractivity contribution in [3.63, 3.8) is 0 Å². The Morgan fingerprint density at radius 2 is 1.64 bits per heavy atom. The number of pyridine rings is 1.